The molecule has 0 fully saturated rings. The summed E-state index contributed by atoms with van der Waals surface area (Å²) < 4.78 is 12.1. The predicted octanol–water partition coefficient (Wildman–Crippen LogP) is 3.47. The van der Waals surface area contributed by atoms with Crippen molar-refractivity contribution >= 4 is 17.7 Å². The van der Waals surface area contributed by atoms with E-state index in [1.807, 2.05) is 45.2 Å². The number of fused-ring (bicyclic) bond motifs is 1. The molecule has 1 aromatic carbocycles. The van der Waals surface area contributed by atoms with E-state index in [0.29, 0.717) is 13.2 Å². The second kappa shape index (κ2) is 8.65. The summed E-state index contributed by atoms with van der Waals surface area (Å²) in [4.78, 5) is 26.3. The first-order chi connectivity index (χ1) is 13.8. The third-order valence-corrected chi connectivity index (χ3v) is 4.88. The Bertz CT molecular complexity index is 893. The van der Waals surface area contributed by atoms with Crippen molar-refractivity contribution in [1.29, 1.82) is 0 Å². The maximum atomic E-state index is 12.3. The molecular weight excluding hydrogens is 372 g/mol. The summed E-state index contributed by atoms with van der Waals surface area (Å²) in [5.74, 6) is -0.0254. The van der Waals surface area contributed by atoms with Crippen LogP contribution in [0.2, 0.25) is 0 Å². The van der Waals surface area contributed by atoms with Crippen LogP contribution in [0.5, 0.6) is 0 Å². The number of amides is 2. The van der Waals surface area contributed by atoms with Crippen LogP contribution in [-0.4, -0.2) is 41.0 Å². The normalized spacial score (nSPS) is 18.5. The van der Waals surface area contributed by atoms with Gasteiger partial charge in [0.05, 0.1) is 18.3 Å². The SMILES string of the molecule is COCn1cc(-c2ccc3c(c2)C(NC(=O)OC(C)C)CC(C)N3C(C)=O)cn1. The molecule has 1 aromatic heterocycles. The Balaban J connectivity index is 1.98. The van der Waals surface area contributed by atoms with E-state index in [1.165, 1.54) is 0 Å². The van der Waals surface area contributed by atoms with Crippen LogP contribution < -0.4 is 10.2 Å². The molecule has 29 heavy (non-hydrogen) atoms. The molecule has 1 aliphatic heterocycles. The highest BCUT2D eigenvalue weighted by Crippen LogP contribution is 2.39. The lowest BCUT2D eigenvalue weighted by Crippen LogP contribution is -2.45. The molecule has 1 N–H and O–H groups in total. The first-order valence-electron chi connectivity index (χ1n) is 9.72. The Hall–Kier alpha value is -2.87. The predicted molar refractivity (Wildman–Crippen MR) is 109 cm³/mol. The molecule has 0 saturated carbocycles. The zero-order chi connectivity index (χ0) is 21.1. The van der Waals surface area contributed by atoms with Crippen LogP contribution in [0.3, 0.4) is 0 Å². The fourth-order valence-electron chi connectivity index (χ4n) is 3.77. The average molecular weight is 400 g/mol. The lowest BCUT2D eigenvalue weighted by atomic mass is 9.89. The van der Waals surface area contributed by atoms with Gasteiger partial charge in [-0.3, -0.25) is 4.79 Å². The van der Waals surface area contributed by atoms with Crippen molar-refractivity contribution in [2.75, 3.05) is 12.0 Å². The number of nitrogens with one attached hydrogen (secondary N) is 1. The summed E-state index contributed by atoms with van der Waals surface area (Å²) in [7, 11) is 1.62. The lowest BCUT2D eigenvalue weighted by molar-refractivity contribution is -0.117. The van der Waals surface area contributed by atoms with Crippen molar-refractivity contribution in [1.82, 2.24) is 15.1 Å². The summed E-state index contributed by atoms with van der Waals surface area (Å²) in [6.45, 7) is 7.53. The Morgan fingerprint density at radius 3 is 2.72 bits per heavy atom. The Morgan fingerprint density at radius 1 is 1.31 bits per heavy atom. The van der Waals surface area contributed by atoms with E-state index < -0.39 is 6.09 Å². The molecule has 0 aliphatic carbocycles. The quantitative estimate of drug-likeness (QED) is 0.831. The smallest absolute Gasteiger partial charge is 0.407 e. The number of anilines is 1. The van der Waals surface area contributed by atoms with Gasteiger partial charge in [-0.15, -0.1) is 0 Å². The van der Waals surface area contributed by atoms with Crippen molar-refractivity contribution in [2.24, 2.45) is 0 Å². The molecule has 2 amide bonds. The Kier molecular flexibility index (Phi) is 6.22. The van der Waals surface area contributed by atoms with Crippen molar-refractivity contribution in [3.63, 3.8) is 0 Å². The molecule has 2 aromatic rings. The zero-order valence-corrected chi connectivity index (χ0v) is 17.5. The number of benzene rings is 1. The molecular formula is C21H28N4O4. The molecule has 0 bridgehead atoms. The standard InChI is InChI=1S/C21H28N4O4/c1-13(2)29-21(27)23-19-8-14(3)25(15(4)26)20-7-6-16(9-18(19)20)17-10-22-24(11-17)12-28-5/h6-7,9-11,13-14,19H,8,12H2,1-5H3,(H,23,27). The topological polar surface area (TPSA) is 85.7 Å². The van der Waals surface area contributed by atoms with E-state index in [4.69, 9.17) is 9.47 Å². The first kappa shape index (κ1) is 20.9. The van der Waals surface area contributed by atoms with Gasteiger partial charge in [-0.25, -0.2) is 9.48 Å². The van der Waals surface area contributed by atoms with E-state index in [2.05, 4.69) is 10.4 Å². The van der Waals surface area contributed by atoms with Crippen molar-refractivity contribution in [2.45, 2.75) is 59.0 Å². The average Bonchev–Trinajstić information content (AvgIpc) is 3.09. The maximum absolute atomic E-state index is 12.3. The number of rotatable bonds is 5. The third kappa shape index (κ3) is 4.59. The Labute approximate surface area is 170 Å². The third-order valence-electron chi connectivity index (χ3n) is 4.88. The minimum absolute atomic E-state index is 0.0254. The van der Waals surface area contributed by atoms with Crippen molar-refractivity contribution in [3.8, 4) is 11.1 Å². The van der Waals surface area contributed by atoms with E-state index in [1.54, 1.807) is 29.8 Å². The minimum Gasteiger partial charge on any atom is -0.447 e. The number of nitrogens with zero attached hydrogens (tertiary/aromatic N) is 3. The van der Waals surface area contributed by atoms with E-state index >= 15 is 0 Å². The molecule has 8 nitrogen and oxygen atoms in total. The van der Waals surface area contributed by atoms with Crippen LogP contribution in [0.1, 0.15) is 45.7 Å². The number of carbonyl (C=O) groups is 2. The van der Waals surface area contributed by atoms with Crippen LogP contribution >= 0.6 is 0 Å². The second-order valence-corrected chi connectivity index (χ2v) is 7.58. The van der Waals surface area contributed by atoms with E-state index in [0.717, 1.165) is 22.4 Å². The molecule has 156 valence electrons. The molecule has 0 spiro atoms. The van der Waals surface area contributed by atoms with Gasteiger partial charge >= 0.3 is 6.09 Å². The van der Waals surface area contributed by atoms with Gasteiger partial charge in [-0.1, -0.05) is 6.07 Å². The number of aromatic nitrogens is 2. The number of carbonyl (C=O) groups excluding carboxylic acids is 2. The highest BCUT2D eigenvalue weighted by atomic mass is 16.6. The number of hydrogen-bond acceptors (Lipinski definition) is 5. The molecule has 8 heteroatoms. The molecule has 2 unspecified atom stereocenters. The van der Waals surface area contributed by atoms with Crippen LogP contribution in [0.15, 0.2) is 30.6 Å². The summed E-state index contributed by atoms with van der Waals surface area (Å²) in [6.07, 6.45) is 3.60. The first-order valence-corrected chi connectivity index (χ1v) is 9.72. The van der Waals surface area contributed by atoms with Crippen molar-refractivity contribution < 1.29 is 19.1 Å². The fraction of sp³-hybridized carbons (Fsp3) is 0.476. The summed E-state index contributed by atoms with van der Waals surface area (Å²) in [5, 5.41) is 7.25. The molecule has 2 heterocycles. The van der Waals surface area contributed by atoms with E-state index in [-0.39, 0.29) is 24.1 Å². The molecule has 2 atom stereocenters. The highest BCUT2D eigenvalue weighted by molar-refractivity contribution is 5.94. The second-order valence-electron chi connectivity index (χ2n) is 7.58. The van der Waals surface area contributed by atoms with Gasteiger partial charge in [0.15, 0.2) is 0 Å². The van der Waals surface area contributed by atoms with Gasteiger partial charge in [-0.05, 0) is 50.5 Å². The summed E-state index contributed by atoms with van der Waals surface area (Å²) >= 11 is 0. The molecule has 3 rings (SSSR count). The number of methoxy groups -OCH3 is 1. The summed E-state index contributed by atoms with van der Waals surface area (Å²) in [5.41, 5.74) is 3.57. The van der Waals surface area contributed by atoms with Gasteiger partial charge in [-0.2, -0.15) is 5.10 Å². The molecule has 1 aliphatic rings. The van der Waals surface area contributed by atoms with Gasteiger partial charge in [0.25, 0.3) is 0 Å². The summed E-state index contributed by atoms with van der Waals surface area (Å²) in [6, 6.07) is 5.60. The van der Waals surface area contributed by atoms with Crippen LogP contribution in [0.25, 0.3) is 11.1 Å². The molecule has 0 radical (unpaired) electrons. The van der Waals surface area contributed by atoms with Gasteiger partial charge in [0, 0.05) is 37.5 Å². The number of ether oxygens (including phenoxy) is 2. The Morgan fingerprint density at radius 2 is 2.07 bits per heavy atom. The highest BCUT2D eigenvalue weighted by Gasteiger charge is 2.33. The number of alkyl carbamates (subject to hydrolysis) is 1. The monoisotopic (exact) mass is 400 g/mol. The van der Waals surface area contributed by atoms with Gasteiger partial charge in [0.2, 0.25) is 5.91 Å². The van der Waals surface area contributed by atoms with Crippen LogP contribution in [-0.2, 0) is 21.0 Å². The zero-order valence-electron chi connectivity index (χ0n) is 17.5. The fourth-order valence-corrected chi connectivity index (χ4v) is 3.77. The largest absolute Gasteiger partial charge is 0.447 e. The molecule has 0 saturated heterocycles. The van der Waals surface area contributed by atoms with Crippen LogP contribution in [0.4, 0.5) is 10.5 Å². The van der Waals surface area contributed by atoms with Gasteiger partial charge in [0.1, 0.15) is 6.73 Å². The minimum atomic E-state index is -0.460. The lowest BCUT2D eigenvalue weighted by Gasteiger charge is -2.39. The van der Waals surface area contributed by atoms with Crippen molar-refractivity contribution in [3.05, 3.63) is 36.2 Å². The van der Waals surface area contributed by atoms with Crippen LogP contribution in [0, 0.1) is 0 Å². The van der Waals surface area contributed by atoms with E-state index in [9.17, 15) is 9.59 Å². The number of hydrogen-bond donors (Lipinski definition) is 1. The maximum Gasteiger partial charge on any atom is 0.407 e. The van der Waals surface area contributed by atoms with Gasteiger partial charge < -0.3 is 19.7 Å².